The van der Waals surface area contributed by atoms with Gasteiger partial charge in [-0.05, 0) is 52.7 Å². The first-order valence-corrected chi connectivity index (χ1v) is 12.9. The summed E-state index contributed by atoms with van der Waals surface area (Å²) >= 11 is 11.4. The van der Waals surface area contributed by atoms with Gasteiger partial charge >= 0.3 is 0 Å². The first-order chi connectivity index (χ1) is 17.0. The summed E-state index contributed by atoms with van der Waals surface area (Å²) in [5.41, 5.74) is 2.45. The van der Waals surface area contributed by atoms with Gasteiger partial charge in [-0.25, -0.2) is 4.98 Å². The molecule has 0 radical (unpaired) electrons. The molecule has 35 heavy (non-hydrogen) atoms. The second-order valence-electron chi connectivity index (χ2n) is 7.71. The Balaban J connectivity index is 1.52. The number of hydrogen-bond acceptors (Lipinski definition) is 5. The van der Waals surface area contributed by atoms with Crippen LogP contribution < -0.4 is 15.0 Å². The molecule has 176 valence electrons. The number of H-pyrrole nitrogens is 1. The molecule has 0 aliphatic carbocycles. The van der Waals surface area contributed by atoms with Crippen LogP contribution in [0.25, 0.3) is 32.0 Å². The number of aromatic nitrogens is 2. The minimum Gasteiger partial charge on any atom is -0.490 e. The molecular formula is C27H20BrClN2O3S. The van der Waals surface area contributed by atoms with Gasteiger partial charge in [0.2, 0.25) is 0 Å². The van der Waals surface area contributed by atoms with Gasteiger partial charge in [0.05, 0.1) is 16.5 Å². The van der Waals surface area contributed by atoms with Gasteiger partial charge in [0.25, 0.3) is 5.56 Å². The van der Waals surface area contributed by atoms with Crippen molar-refractivity contribution in [3.8, 4) is 33.3 Å². The van der Waals surface area contributed by atoms with Crippen LogP contribution in [-0.4, -0.2) is 16.6 Å². The van der Waals surface area contributed by atoms with Crippen molar-refractivity contribution in [2.24, 2.45) is 0 Å². The molecule has 0 saturated carbocycles. The average molecular weight is 568 g/mol. The number of thiophene rings is 1. The van der Waals surface area contributed by atoms with Crippen LogP contribution in [0.2, 0.25) is 5.02 Å². The smallest absolute Gasteiger partial charge is 0.259 e. The van der Waals surface area contributed by atoms with E-state index < -0.39 is 0 Å². The molecule has 0 amide bonds. The van der Waals surface area contributed by atoms with Crippen LogP contribution in [-0.2, 0) is 6.61 Å². The maximum Gasteiger partial charge on any atom is 0.259 e. The summed E-state index contributed by atoms with van der Waals surface area (Å²) in [6.45, 7) is 2.64. The highest BCUT2D eigenvalue weighted by molar-refractivity contribution is 9.10. The maximum atomic E-state index is 12.9. The van der Waals surface area contributed by atoms with Gasteiger partial charge in [0.1, 0.15) is 17.3 Å². The number of aromatic amines is 1. The van der Waals surface area contributed by atoms with E-state index >= 15 is 0 Å². The van der Waals surface area contributed by atoms with E-state index in [1.54, 1.807) is 0 Å². The third-order valence-electron chi connectivity index (χ3n) is 5.37. The van der Waals surface area contributed by atoms with Crippen LogP contribution >= 0.6 is 38.9 Å². The Labute approximate surface area is 219 Å². The van der Waals surface area contributed by atoms with Crippen molar-refractivity contribution in [2.75, 3.05) is 6.61 Å². The summed E-state index contributed by atoms with van der Waals surface area (Å²) in [4.78, 5) is 22.3. The van der Waals surface area contributed by atoms with Gasteiger partial charge in [-0.15, -0.1) is 11.3 Å². The van der Waals surface area contributed by atoms with Crippen molar-refractivity contribution in [3.63, 3.8) is 0 Å². The van der Waals surface area contributed by atoms with Gasteiger partial charge in [-0.3, -0.25) is 4.79 Å². The van der Waals surface area contributed by atoms with Gasteiger partial charge in [-0.2, -0.15) is 0 Å². The molecule has 0 aliphatic rings. The fraction of sp³-hybridized carbons (Fsp3) is 0.111. The Morgan fingerprint density at radius 2 is 1.77 bits per heavy atom. The highest BCUT2D eigenvalue weighted by Gasteiger charge is 2.17. The zero-order chi connectivity index (χ0) is 24.4. The van der Waals surface area contributed by atoms with Crippen LogP contribution in [0.3, 0.4) is 0 Å². The van der Waals surface area contributed by atoms with Crippen molar-refractivity contribution in [3.05, 3.63) is 98.2 Å². The molecule has 8 heteroatoms. The second-order valence-corrected chi connectivity index (χ2v) is 10.0. The van der Waals surface area contributed by atoms with Gasteiger partial charge < -0.3 is 14.5 Å². The molecule has 0 saturated heterocycles. The molecule has 3 aromatic carbocycles. The number of nitrogens with one attached hydrogen (secondary N) is 1. The molecule has 5 aromatic rings. The Kier molecular flexibility index (Phi) is 6.90. The lowest BCUT2D eigenvalue weighted by Gasteiger charge is -2.16. The fourth-order valence-electron chi connectivity index (χ4n) is 3.69. The zero-order valence-corrected chi connectivity index (χ0v) is 21.8. The van der Waals surface area contributed by atoms with Crippen LogP contribution in [0.1, 0.15) is 12.5 Å². The Bertz CT molecular complexity index is 1570. The SMILES string of the molecule is CCOc1cc(-c2nc3sc(-c4ccccc4)cc3c(=O)[nH]2)cc(Br)c1OCc1ccccc1Cl. The molecule has 5 rings (SSSR count). The predicted molar refractivity (Wildman–Crippen MR) is 146 cm³/mol. The van der Waals surface area contributed by atoms with Crippen LogP contribution in [0.15, 0.2) is 82.1 Å². The van der Waals surface area contributed by atoms with Gasteiger partial charge in [0, 0.05) is 21.0 Å². The van der Waals surface area contributed by atoms with Crippen LogP contribution in [0, 0.1) is 0 Å². The monoisotopic (exact) mass is 566 g/mol. The van der Waals surface area contributed by atoms with Gasteiger partial charge in [-0.1, -0.05) is 60.1 Å². The number of fused-ring (bicyclic) bond motifs is 1. The van der Waals surface area contributed by atoms with Crippen molar-refractivity contribution in [2.45, 2.75) is 13.5 Å². The van der Waals surface area contributed by atoms with E-state index in [4.69, 9.17) is 26.1 Å². The summed E-state index contributed by atoms with van der Waals surface area (Å²) in [7, 11) is 0. The topological polar surface area (TPSA) is 64.2 Å². The highest BCUT2D eigenvalue weighted by atomic mass is 79.9. The van der Waals surface area contributed by atoms with E-state index in [0.29, 0.717) is 49.2 Å². The third-order valence-corrected chi connectivity index (χ3v) is 7.41. The van der Waals surface area contributed by atoms with E-state index in [2.05, 4.69) is 20.9 Å². The van der Waals surface area contributed by atoms with E-state index in [1.165, 1.54) is 11.3 Å². The summed E-state index contributed by atoms with van der Waals surface area (Å²) in [5, 5.41) is 1.21. The molecule has 5 nitrogen and oxygen atoms in total. The summed E-state index contributed by atoms with van der Waals surface area (Å²) in [6, 6.07) is 23.1. The van der Waals surface area contributed by atoms with Gasteiger partial charge in [0.15, 0.2) is 11.5 Å². The molecule has 2 aromatic heterocycles. The van der Waals surface area contributed by atoms with Crippen molar-refractivity contribution < 1.29 is 9.47 Å². The molecule has 2 heterocycles. The molecule has 0 fully saturated rings. The van der Waals surface area contributed by atoms with Crippen molar-refractivity contribution in [1.82, 2.24) is 9.97 Å². The second kappa shape index (κ2) is 10.2. The van der Waals surface area contributed by atoms with Crippen LogP contribution in [0.4, 0.5) is 0 Å². The number of ether oxygens (including phenoxy) is 2. The molecule has 0 aliphatic heterocycles. The van der Waals surface area contributed by atoms with E-state index in [-0.39, 0.29) is 12.2 Å². The number of benzene rings is 3. The van der Waals surface area contributed by atoms with Crippen LogP contribution in [0.5, 0.6) is 11.5 Å². The predicted octanol–water partition coefficient (Wildman–Crippen LogP) is 7.71. The first-order valence-electron chi connectivity index (χ1n) is 11.0. The Morgan fingerprint density at radius 3 is 2.54 bits per heavy atom. The lowest BCUT2D eigenvalue weighted by Crippen LogP contribution is -2.08. The van der Waals surface area contributed by atoms with E-state index in [1.807, 2.05) is 79.7 Å². The first kappa shape index (κ1) is 23.6. The molecule has 0 spiro atoms. The Morgan fingerprint density at radius 1 is 1.00 bits per heavy atom. The van der Waals surface area contributed by atoms with Crippen molar-refractivity contribution in [1.29, 1.82) is 0 Å². The number of rotatable bonds is 7. The zero-order valence-electron chi connectivity index (χ0n) is 18.7. The van der Waals surface area contributed by atoms with E-state index in [0.717, 1.165) is 16.0 Å². The van der Waals surface area contributed by atoms with E-state index in [9.17, 15) is 4.79 Å². The molecule has 1 N–H and O–H groups in total. The fourth-order valence-corrected chi connectivity index (χ4v) is 5.47. The molecular weight excluding hydrogens is 548 g/mol. The third kappa shape index (κ3) is 4.98. The quantitative estimate of drug-likeness (QED) is 0.219. The van der Waals surface area contributed by atoms with Crippen molar-refractivity contribution >= 4 is 49.1 Å². The number of halogens is 2. The minimum absolute atomic E-state index is 0.184. The lowest BCUT2D eigenvalue weighted by atomic mass is 10.1. The normalized spacial score (nSPS) is 11.1. The summed E-state index contributed by atoms with van der Waals surface area (Å²) in [5.74, 6) is 1.56. The summed E-state index contributed by atoms with van der Waals surface area (Å²) < 4.78 is 12.6. The Hall–Kier alpha value is -3.13. The number of hydrogen-bond donors (Lipinski definition) is 1. The molecule has 0 unspecified atom stereocenters. The highest BCUT2D eigenvalue weighted by Crippen LogP contribution is 2.40. The minimum atomic E-state index is -0.184. The average Bonchev–Trinajstić information content (AvgIpc) is 3.30. The largest absolute Gasteiger partial charge is 0.490 e. The lowest BCUT2D eigenvalue weighted by molar-refractivity contribution is 0.268. The summed E-state index contributed by atoms with van der Waals surface area (Å²) in [6.07, 6.45) is 0. The molecule has 0 atom stereocenters. The molecule has 0 bridgehead atoms. The standard InChI is InChI=1S/C27H20BrClN2O3S/c1-2-33-22-13-18(12-20(28)24(22)34-15-17-10-6-7-11-21(17)29)25-30-26(32)19-14-23(35-27(19)31-25)16-8-4-3-5-9-16/h3-14H,2,15H2,1H3,(H,30,31,32). The number of nitrogens with zero attached hydrogens (tertiary/aromatic N) is 1. The maximum absolute atomic E-state index is 12.9.